The van der Waals surface area contributed by atoms with Crippen molar-refractivity contribution in [3.05, 3.63) is 29.5 Å². The van der Waals surface area contributed by atoms with Gasteiger partial charge in [0.2, 0.25) is 5.09 Å². The molecule has 0 unspecified atom stereocenters. The lowest BCUT2D eigenvalue weighted by molar-refractivity contribution is 0.236. The predicted molar refractivity (Wildman–Crippen MR) is 59.3 cm³/mol. The van der Waals surface area contributed by atoms with Gasteiger partial charge in [-0.3, -0.25) is 0 Å². The molecule has 0 amide bonds. The summed E-state index contributed by atoms with van der Waals surface area (Å²) < 4.78 is 30.6. The summed E-state index contributed by atoms with van der Waals surface area (Å²) in [6.07, 6.45) is 1.76. The molecule has 0 aliphatic heterocycles. The average Bonchev–Trinajstić information content (AvgIpc) is 2.65. The Kier molecular flexibility index (Phi) is 4.28. The van der Waals surface area contributed by atoms with Gasteiger partial charge in [0.25, 0.3) is 10.0 Å². The molecule has 0 fully saturated rings. The van der Waals surface area contributed by atoms with Crippen molar-refractivity contribution in [3.63, 3.8) is 0 Å². The summed E-state index contributed by atoms with van der Waals surface area (Å²) in [5.74, 6) is 0.225. The van der Waals surface area contributed by atoms with Gasteiger partial charge in [-0.15, -0.1) is 0 Å². The smallest absolute Gasteiger partial charge is 0.274 e. The van der Waals surface area contributed by atoms with E-state index in [-0.39, 0.29) is 24.0 Å². The topological polar surface area (TPSA) is 79.5 Å². The molecule has 1 rings (SSSR count). The molecule has 1 aromatic heterocycles. The molecule has 6 heteroatoms. The first-order valence-electron chi connectivity index (χ1n) is 4.78. The fourth-order valence-corrected chi connectivity index (χ4v) is 1.92. The van der Waals surface area contributed by atoms with Crippen molar-refractivity contribution in [2.24, 2.45) is 0 Å². The predicted octanol–water partition coefficient (Wildman–Crippen LogP) is 1.02. The van der Waals surface area contributed by atoms with Crippen LogP contribution >= 0.6 is 0 Å². The third-order valence-electron chi connectivity index (χ3n) is 1.84. The van der Waals surface area contributed by atoms with Crippen LogP contribution in [0.3, 0.4) is 0 Å². The van der Waals surface area contributed by atoms with Gasteiger partial charge < -0.3 is 9.52 Å². The molecule has 90 valence electrons. The quantitative estimate of drug-likeness (QED) is 0.759. The maximum atomic E-state index is 11.6. The number of sulfonamides is 1. The van der Waals surface area contributed by atoms with Gasteiger partial charge in [-0.25, -0.2) is 13.1 Å². The molecule has 1 heterocycles. The zero-order valence-electron chi connectivity index (χ0n) is 9.23. The van der Waals surface area contributed by atoms with Crippen LogP contribution < -0.4 is 4.72 Å². The van der Waals surface area contributed by atoms with Crippen molar-refractivity contribution < 1.29 is 17.9 Å². The molecule has 0 radical (unpaired) electrons. The van der Waals surface area contributed by atoms with E-state index in [2.05, 4.69) is 4.72 Å². The van der Waals surface area contributed by atoms with E-state index < -0.39 is 10.0 Å². The monoisotopic (exact) mass is 245 g/mol. The molecule has 0 spiro atoms. The third kappa shape index (κ3) is 3.48. The fourth-order valence-electron chi connectivity index (χ4n) is 1.01. The van der Waals surface area contributed by atoms with Crippen LogP contribution in [0, 0.1) is 0 Å². The van der Waals surface area contributed by atoms with Gasteiger partial charge in [0.05, 0.1) is 0 Å². The van der Waals surface area contributed by atoms with Crippen molar-refractivity contribution in [1.29, 1.82) is 0 Å². The molecular formula is C10H15NO4S. The standard InChI is InChI=1S/C10H15NO4S/c1-8(2)5-6-11-16(13,14)10-4-3-9(7-12)15-10/h3-5,11-12H,6-7H2,1-2H3. The number of nitrogens with one attached hydrogen (secondary N) is 1. The van der Waals surface area contributed by atoms with Gasteiger partial charge in [0.1, 0.15) is 12.4 Å². The van der Waals surface area contributed by atoms with E-state index in [1.807, 2.05) is 13.8 Å². The number of aliphatic hydroxyl groups is 1. The van der Waals surface area contributed by atoms with E-state index in [4.69, 9.17) is 9.52 Å². The van der Waals surface area contributed by atoms with Crippen molar-refractivity contribution in [1.82, 2.24) is 4.72 Å². The lowest BCUT2D eigenvalue weighted by atomic mass is 10.3. The van der Waals surface area contributed by atoms with E-state index >= 15 is 0 Å². The van der Waals surface area contributed by atoms with Gasteiger partial charge in [0, 0.05) is 6.54 Å². The molecule has 5 nitrogen and oxygen atoms in total. The molecule has 0 bridgehead atoms. The number of allylic oxidation sites excluding steroid dienone is 1. The number of hydrogen-bond acceptors (Lipinski definition) is 4. The Labute approximate surface area is 94.8 Å². The number of hydrogen-bond donors (Lipinski definition) is 2. The summed E-state index contributed by atoms with van der Waals surface area (Å²) in [6.45, 7) is 3.67. The molecule has 0 aliphatic carbocycles. The number of rotatable bonds is 5. The van der Waals surface area contributed by atoms with Crippen LogP contribution in [-0.2, 0) is 16.6 Å². The summed E-state index contributed by atoms with van der Waals surface area (Å²) in [4.78, 5) is 0. The summed E-state index contributed by atoms with van der Waals surface area (Å²) in [7, 11) is -3.62. The highest BCUT2D eigenvalue weighted by atomic mass is 32.2. The van der Waals surface area contributed by atoms with E-state index in [9.17, 15) is 8.42 Å². The summed E-state index contributed by atoms with van der Waals surface area (Å²) in [6, 6.07) is 2.74. The Hall–Kier alpha value is -1.11. The Morgan fingerprint density at radius 2 is 2.19 bits per heavy atom. The van der Waals surface area contributed by atoms with Crippen LogP contribution in [0.4, 0.5) is 0 Å². The first-order valence-corrected chi connectivity index (χ1v) is 6.26. The minimum absolute atomic E-state index is 0.182. The summed E-state index contributed by atoms with van der Waals surface area (Å²) >= 11 is 0. The van der Waals surface area contributed by atoms with Crippen molar-refractivity contribution in [2.75, 3.05) is 6.54 Å². The van der Waals surface area contributed by atoms with E-state index in [0.29, 0.717) is 0 Å². The first kappa shape index (κ1) is 13.0. The summed E-state index contributed by atoms with van der Waals surface area (Å²) in [5.41, 5.74) is 1.03. The summed E-state index contributed by atoms with van der Waals surface area (Å²) in [5, 5.41) is 8.57. The molecule has 0 aromatic carbocycles. The maximum Gasteiger partial charge on any atom is 0.274 e. The zero-order chi connectivity index (χ0) is 12.2. The minimum Gasteiger partial charge on any atom is -0.446 e. The van der Waals surface area contributed by atoms with Crippen LogP contribution in [0.5, 0.6) is 0 Å². The van der Waals surface area contributed by atoms with Crippen molar-refractivity contribution >= 4 is 10.0 Å². The SMILES string of the molecule is CC(C)=CCNS(=O)(=O)c1ccc(CO)o1. The lowest BCUT2D eigenvalue weighted by Gasteiger charge is -2.01. The van der Waals surface area contributed by atoms with Crippen molar-refractivity contribution in [2.45, 2.75) is 25.5 Å². The molecular weight excluding hydrogens is 230 g/mol. The largest absolute Gasteiger partial charge is 0.446 e. The van der Waals surface area contributed by atoms with Crippen LogP contribution in [0.15, 0.2) is 33.3 Å². The third-order valence-corrected chi connectivity index (χ3v) is 3.14. The van der Waals surface area contributed by atoms with Crippen molar-refractivity contribution in [3.8, 4) is 0 Å². The Morgan fingerprint density at radius 1 is 1.50 bits per heavy atom. The van der Waals surface area contributed by atoms with Gasteiger partial charge in [-0.1, -0.05) is 11.6 Å². The second-order valence-electron chi connectivity index (χ2n) is 3.51. The van der Waals surface area contributed by atoms with E-state index in [1.54, 1.807) is 6.08 Å². The fraction of sp³-hybridized carbons (Fsp3) is 0.400. The normalized spacial score (nSPS) is 11.4. The molecule has 16 heavy (non-hydrogen) atoms. The van der Waals surface area contributed by atoms with E-state index in [0.717, 1.165) is 5.57 Å². The highest BCUT2D eigenvalue weighted by molar-refractivity contribution is 7.89. The molecule has 1 aromatic rings. The second kappa shape index (κ2) is 5.29. The Morgan fingerprint density at radius 3 is 2.69 bits per heavy atom. The second-order valence-corrected chi connectivity index (χ2v) is 5.21. The van der Waals surface area contributed by atoms with Crippen LogP contribution in [-0.4, -0.2) is 20.1 Å². The number of furan rings is 1. The number of aliphatic hydroxyl groups excluding tert-OH is 1. The molecule has 0 aliphatic rings. The highest BCUT2D eigenvalue weighted by Gasteiger charge is 2.17. The van der Waals surface area contributed by atoms with Gasteiger partial charge >= 0.3 is 0 Å². The van der Waals surface area contributed by atoms with E-state index in [1.165, 1.54) is 12.1 Å². The van der Waals surface area contributed by atoms with Crippen LogP contribution in [0.1, 0.15) is 19.6 Å². The molecule has 0 atom stereocenters. The van der Waals surface area contributed by atoms with Crippen LogP contribution in [0.25, 0.3) is 0 Å². The Bertz CT molecular complexity index is 469. The van der Waals surface area contributed by atoms with Crippen LogP contribution in [0.2, 0.25) is 0 Å². The molecule has 2 N–H and O–H groups in total. The van der Waals surface area contributed by atoms with Gasteiger partial charge in [-0.2, -0.15) is 0 Å². The molecule has 0 saturated heterocycles. The maximum absolute atomic E-state index is 11.6. The Balaban J connectivity index is 2.74. The lowest BCUT2D eigenvalue weighted by Crippen LogP contribution is -2.23. The highest BCUT2D eigenvalue weighted by Crippen LogP contribution is 2.13. The molecule has 0 saturated carbocycles. The zero-order valence-corrected chi connectivity index (χ0v) is 10.0. The average molecular weight is 245 g/mol. The van der Waals surface area contributed by atoms with Gasteiger partial charge in [0.15, 0.2) is 0 Å². The minimum atomic E-state index is -3.62. The first-order chi connectivity index (χ1) is 7.45. The van der Waals surface area contributed by atoms with Gasteiger partial charge in [-0.05, 0) is 26.0 Å².